The number of nitrogens with two attached hydrogens (primary N) is 1. The largest absolute Gasteiger partial charge is 0.494 e. The SMILES string of the molecule is COc1ccc(-c2nc(CCN)c(C)s2)cc1F. The minimum absolute atomic E-state index is 0.245. The molecule has 2 N–H and O–H groups in total. The van der Waals surface area contributed by atoms with Gasteiger partial charge in [0.1, 0.15) is 5.01 Å². The highest BCUT2D eigenvalue weighted by atomic mass is 32.1. The van der Waals surface area contributed by atoms with Crippen LogP contribution < -0.4 is 10.5 Å². The molecule has 1 aromatic heterocycles. The quantitative estimate of drug-likeness (QED) is 0.925. The summed E-state index contributed by atoms with van der Waals surface area (Å²) < 4.78 is 18.5. The summed E-state index contributed by atoms with van der Waals surface area (Å²) in [6.07, 6.45) is 0.751. The first-order valence-electron chi connectivity index (χ1n) is 5.66. The van der Waals surface area contributed by atoms with Gasteiger partial charge in [-0.05, 0) is 31.7 Å². The molecule has 0 fully saturated rings. The predicted molar refractivity (Wildman–Crippen MR) is 71.6 cm³/mol. The number of halogens is 1. The van der Waals surface area contributed by atoms with Gasteiger partial charge in [0.25, 0.3) is 0 Å². The van der Waals surface area contributed by atoms with E-state index >= 15 is 0 Å². The van der Waals surface area contributed by atoms with Crippen LogP contribution in [0.15, 0.2) is 18.2 Å². The summed E-state index contributed by atoms with van der Waals surface area (Å²) >= 11 is 1.56. The van der Waals surface area contributed by atoms with Crippen molar-refractivity contribution in [3.8, 4) is 16.3 Å². The van der Waals surface area contributed by atoms with Gasteiger partial charge in [0.2, 0.25) is 0 Å². The molecular weight excluding hydrogens is 251 g/mol. The second-order valence-electron chi connectivity index (χ2n) is 3.91. The smallest absolute Gasteiger partial charge is 0.165 e. The van der Waals surface area contributed by atoms with E-state index in [1.807, 2.05) is 13.0 Å². The lowest BCUT2D eigenvalue weighted by Gasteiger charge is -2.02. The molecule has 1 heterocycles. The molecule has 0 aliphatic rings. The maximum atomic E-state index is 13.6. The number of benzene rings is 1. The molecule has 2 rings (SSSR count). The zero-order valence-corrected chi connectivity index (χ0v) is 11.2. The highest BCUT2D eigenvalue weighted by molar-refractivity contribution is 7.15. The normalized spacial score (nSPS) is 10.7. The van der Waals surface area contributed by atoms with Crippen molar-refractivity contribution in [2.45, 2.75) is 13.3 Å². The lowest BCUT2D eigenvalue weighted by atomic mass is 10.2. The average molecular weight is 266 g/mol. The molecule has 0 unspecified atom stereocenters. The van der Waals surface area contributed by atoms with Gasteiger partial charge in [0, 0.05) is 16.9 Å². The Kier molecular flexibility index (Phi) is 3.93. The van der Waals surface area contributed by atoms with Gasteiger partial charge in [-0.25, -0.2) is 9.37 Å². The van der Waals surface area contributed by atoms with E-state index in [0.29, 0.717) is 6.54 Å². The summed E-state index contributed by atoms with van der Waals surface area (Å²) in [5.41, 5.74) is 7.29. The number of aromatic nitrogens is 1. The predicted octanol–water partition coefficient (Wildman–Crippen LogP) is 2.77. The Morgan fingerprint density at radius 2 is 2.22 bits per heavy atom. The Morgan fingerprint density at radius 1 is 1.44 bits per heavy atom. The van der Waals surface area contributed by atoms with Gasteiger partial charge < -0.3 is 10.5 Å². The van der Waals surface area contributed by atoms with E-state index in [-0.39, 0.29) is 11.6 Å². The van der Waals surface area contributed by atoms with Gasteiger partial charge in [-0.15, -0.1) is 11.3 Å². The third-order valence-electron chi connectivity index (χ3n) is 2.67. The molecule has 0 aliphatic heterocycles. The molecule has 0 spiro atoms. The fourth-order valence-electron chi connectivity index (χ4n) is 1.72. The van der Waals surface area contributed by atoms with Gasteiger partial charge in [0.05, 0.1) is 12.8 Å². The van der Waals surface area contributed by atoms with Crippen molar-refractivity contribution >= 4 is 11.3 Å². The Hall–Kier alpha value is -1.46. The third kappa shape index (κ3) is 2.52. The molecule has 0 aliphatic carbocycles. The van der Waals surface area contributed by atoms with Crippen molar-refractivity contribution in [2.75, 3.05) is 13.7 Å². The van der Waals surface area contributed by atoms with Gasteiger partial charge in [-0.1, -0.05) is 0 Å². The van der Waals surface area contributed by atoms with Crippen molar-refractivity contribution in [2.24, 2.45) is 5.73 Å². The minimum Gasteiger partial charge on any atom is -0.494 e. The molecule has 1 aromatic carbocycles. The first-order valence-corrected chi connectivity index (χ1v) is 6.47. The van der Waals surface area contributed by atoms with Crippen molar-refractivity contribution in [3.05, 3.63) is 34.6 Å². The maximum absolute atomic E-state index is 13.6. The van der Waals surface area contributed by atoms with Gasteiger partial charge in [-0.3, -0.25) is 0 Å². The Balaban J connectivity index is 2.36. The van der Waals surface area contributed by atoms with Crippen molar-refractivity contribution in [3.63, 3.8) is 0 Å². The number of rotatable bonds is 4. The van der Waals surface area contributed by atoms with Crippen LogP contribution in [0.2, 0.25) is 0 Å². The van der Waals surface area contributed by atoms with E-state index in [0.717, 1.165) is 27.6 Å². The molecule has 0 saturated carbocycles. The van der Waals surface area contributed by atoms with Crippen molar-refractivity contribution in [1.29, 1.82) is 0 Å². The Labute approximate surface area is 109 Å². The summed E-state index contributed by atoms with van der Waals surface area (Å²) in [7, 11) is 1.45. The Morgan fingerprint density at radius 3 is 2.83 bits per heavy atom. The topological polar surface area (TPSA) is 48.1 Å². The fraction of sp³-hybridized carbons (Fsp3) is 0.308. The van der Waals surface area contributed by atoms with Crippen LogP contribution in [0.5, 0.6) is 5.75 Å². The number of hydrogen-bond donors (Lipinski definition) is 1. The zero-order chi connectivity index (χ0) is 13.1. The molecule has 5 heteroatoms. The monoisotopic (exact) mass is 266 g/mol. The third-order valence-corrected chi connectivity index (χ3v) is 3.73. The first-order chi connectivity index (χ1) is 8.65. The van der Waals surface area contributed by atoms with Crippen LogP contribution >= 0.6 is 11.3 Å². The lowest BCUT2D eigenvalue weighted by molar-refractivity contribution is 0.386. The summed E-state index contributed by atoms with van der Waals surface area (Å²) in [5.74, 6) is -0.127. The number of methoxy groups -OCH3 is 1. The molecule has 0 saturated heterocycles. The molecule has 96 valence electrons. The Bertz CT molecular complexity index is 554. The molecule has 18 heavy (non-hydrogen) atoms. The number of ether oxygens (including phenoxy) is 1. The highest BCUT2D eigenvalue weighted by Crippen LogP contribution is 2.30. The maximum Gasteiger partial charge on any atom is 0.165 e. The number of nitrogens with zero attached hydrogens (tertiary/aromatic N) is 1. The summed E-state index contributed by atoms with van der Waals surface area (Å²) in [6.45, 7) is 2.58. The van der Waals surface area contributed by atoms with Crippen LogP contribution in [0.1, 0.15) is 10.6 Å². The summed E-state index contributed by atoms with van der Waals surface area (Å²) in [5, 5.41) is 0.817. The van der Waals surface area contributed by atoms with E-state index in [1.54, 1.807) is 17.4 Å². The molecule has 3 nitrogen and oxygen atoms in total. The van der Waals surface area contributed by atoms with Crippen LogP contribution in [0.3, 0.4) is 0 Å². The first kappa shape index (κ1) is 13.0. The van der Waals surface area contributed by atoms with E-state index in [2.05, 4.69) is 4.98 Å². The van der Waals surface area contributed by atoms with Crippen molar-refractivity contribution < 1.29 is 9.13 Å². The van der Waals surface area contributed by atoms with E-state index < -0.39 is 0 Å². The van der Waals surface area contributed by atoms with E-state index in [9.17, 15) is 4.39 Å². The molecule has 0 radical (unpaired) electrons. The van der Waals surface area contributed by atoms with Gasteiger partial charge >= 0.3 is 0 Å². The second-order valence-corrected chi connectivity index (χ2v) is 5.11. The van der Waals surface area contributed by atoms with Crippen LogP contribution in [0.25, 0.3) is 10.6 Å². The molecule has 0 amide bonds. The van der Waals surface area contributed by atoms with Gasteiger partial charge in [0.15, 0.2) is 11.6 Å². The van der Waals surface area contributed by atoms with Crippen LogP contribution in [0, 0.1) is 12.7 Å². The second kappa shape index (κ2) is 5.46. The minimum atomic E-state index is -0.372. The van der Waals surface area contributed by atoms with Crippen LogP contribution in [-0.2, 0) is 6.42 Å². The van der Waals surface area contributed by atoms with Crippen LogP contribution in [-0.4, -0.2) is 18.6 Å². The van der Waals surface area contributed by atoms with Crippen molar-refractivity contribution in [1.82, 2.24) is 4.98 Å². The zero-order valence-electron chi connectivity index (χ0n) is 10.4. The molecule has 2 aromatic rings. The number of aryl methyl sites for hydroxylation is 1. The molecule has 0 atom stereocenters. The molecule has 0 bridgehead atoms. The average Bonchev–Trinajstić information content (AvgIpc) is 2.71. The summed E-state index contributed by atoms with van der Waals surface area (Å²) in [6, 6.07) is 4.87. The standard InChI is InChI=1S/C13H15FN2OS/c1-8-11(5-6-15)16-13(18-8)9-3-4-12(17-2)10(14)7-9/h3-4,7H,5-6,15H2,1-2H3. The number of hydrogen-bond acceptors (Lipinski definition) is 4. The van der Waals surface area contributed by atoms with E-state index in [1.165, 1.54) is 13.2 Å². The fourth-order valence-corrected chi connectivity index (χ4v) is 2.68. The number of thiazole rings is 1. The lowest BCUT2D eigenvalue weighted by Crippen LogP contribution is -2.03. The van der Waals surface area contributed by atoms with E-state index in [4.69, 9.17) is 10.5 Å². The summed E-state index contributed by atoms with van der Waals surface area (Å²) in [4.78, 5) is 5.63. The molecular formula is C13H15FN2OS. The van der Waals surface area contributed by atoms with Gasteiger partial charge in [-0.2, -0.15) is 0 Å². The highest BCUT2D eigenvalue weighted by Gasteiger charge is 2.11. The van der Waals surface area contributed by atoms with Crippen LogP contribution in [0.4, 0.5) is 4.39 Å².